The Bertz CT molecular complexity index is 514. The molecule has 0 bridgehead atoms. The highest BCUT2D eigenvalue weighted by Gasteiger charge is 2.15. The monoisotopic (exact) mass is 296 g/mol. The first kappa shape index (κ1) is 14.4. The zero-order valence-corrected chi connectivity index (χ0v) is 13.4. The maximum absolute atomic E-state index is 4.54. The van der Waals surface area contributed by atoms with E-state index in [1.165, 1.54) is 5.01 Å². The van der Waals surface area contributed by atoms with Gasteiger partial charge in [0, 0.05) is 18.2 Å². The number of rotatable bonds is 6. The molecule has 0 atom stereocenters. The van der Waals surface area contributed by atoms with Gasteiger partial charge >= 0.3 is 0 Å². The second-order valence-corrected chi connectivity index (χ2v) is 6.83. The molecule has 0 unspecified atom stereocenters. The Hall–Kier alpha value is -1.01. The summed E-state index contributed by atoms with van der Waals surface area (Å²) < 4.78 is 0. The van der Waals surface area contributed by atoms with Gasteiger partial charge in [0.15, 0.2) is 5.01 Å². The van der Waals surface area contributed by atoms with Crippen molar-refractivity contribution in [3.8, 4) is 9.88 Å². The second-order valence-electron chi connectivity index (χ2n) is 4.79. The van der Waals surface area contributed by atoms with E-state index in [9.17, 15) is 0 Å². The first-order valence-electron chi connectivity index (χ1n) is 6.70. The van der Waals surface area contributed by atoms with Crippen LogP contribution in [-0.4, -0.2) is 21.2 Å². The fraction of sp³-hybridized carbons (Fsp3) is 0.615. The first-order chi connectivity index (χ1) is 9.13. The Labute approximate surface area is 122 Å². The molecule has 0 aliphatic rings. The highest BCUT2D eigenvalue weighted by atomic mass is 32.1. The predicted molar refractivity (Wildman–Crippen MR) is 83.1 cm³/mol. The summed E-state index contributed by atoms with van der Waals surface area (Å²) in [5.74, 6) is 0.569. The Morgan fingerprint density at radius 1 is 1.16 bits per heavy atom. The molecule has 2 aromatic heterocycles. The van der Waals surface area contributed by atoms with Crippen LogP contribution in [-0.2, 0) is 0 Å². The van der Waals surface area contributed by atoms with Crippen molar-refractivity contribution >= 4 is 27.8 Å². The van der Waals surface area contributed by atoms with Gasteiger partial charge in [0.2, 0.25) is 5.13 Å². The maximum Gasteiger partial charge on any atom is 0.206 e. The van der Waals surface area contributed by atoms with E-state index in [1.807, 2.05) is 6.20 Å². The molecule has 0 amide bonds. The highest BCUT2D eigenvalue weighted by Crippen LogP contribution is 2.35. The lowest BCUT2D eigenvalue weighted by atomic mass is 10.1. The van der Waals surface area contributed by atoms with Crippen molar-refractivity contribution in [2.45, 2.75) is 52.5 Å². The smallest absolute Gasteiger partial charge is 0.206 e. The van der Waals surface area contributed by atoms with Crippen molar-refractivity contribution in [2.24, 2.45) is 0 Å². The third-order valence-corrected chi connectivity index (χ3v) is 5.09. The van der Waals surface area contributed by atoms with Crippen molar-refractivity contribution in [3.63, 3.8) is 0 Å². The number of hydrogen-bond donors (Lipinski definition) is 1. The zero-order valence-electron chi connectivity index (χ0n) is 11.8. The highest BCUT2D eigenvalue weighted by molar-refractivity contribution is 7.23. The van der Waals surface area contributed by atoms with E-state index in [-0.39, 0.29) is 0 Å². The Morgan fingerprint density at radius 3 is 2.53 bits per heavy atom. The van der Waals surface area contributed by atoms with Crippen LogP contribution < -0.4 is 5.32 Å². The molecule has 0 aromatic carbocycles. The molecule has 6 heteroatoms. The van der Waals surface area contributed by atoms with Crippen LogP contribution in [0.1, 0.15) is 51.5 Å². The number of thiazole rings is 1. The van der Waals surface area contributed by atoms with Crippen LogP contribution in [0.2, 0.25) is 0 Å². The summed E-state index contributed by atoms with van der Waals surface area (Å²) >= 11 is 3.34. The molecule has 0 spiro atoms. The van der Waals surface area contributed by atoms with Crippen LogP contribution in [0.15, 0.2) is 6.20 Å². The van der Waals surface area contributed by atoms with Crippen LogP contribution in [0.4, 0.5) is 5.13 Å². The summed E-state index contributed by atoms with van der Waals surface area (Å²) in [5.41, 5.74) is 0. The standard InChI is InChI=1S/C13H20N4S2/c1-5-9(6-2)11-14-7-10(18-11)12-16-17-13(19-12)15-8(3)4/h7-9H,5-6H2,1-4H3,(H,15,17). The van der Waals surface area contributed by atoms with Crippen LogP contribution >= 0.6 is 22.7 Å². The summed E-state index contributed by atoms with van der Waals surface area (Å²) in [6.07, 6.45) is 4.21. The number of hydrogen-bond acceptors (Lipinski definition) is 6. The summed E-state index contributed by atoms with van der Waals surface area (Å²) in [7, 11) is 0. The van der Waals surface area contributed by atoms with Crippen molar-refractivity contribution in [3.05, 3.63) is 11.2 Å². The summed E-state index contributed by atoms with van der Waals surface area (Å²) in [6.45, 7) is 8.62. The molecule has 2 rings (SSSR count). The zero-order chi connectivity index (χ0) is 13.8. The average Bonchev–Trinajstić information content (AvgIpc) is 2.99. The van der Waals surface area contributed by atoms with Crippen molar-refractivity contribution < 1.29 is 0 Å². The third-order valence-electron chi connectivity index (χ3n) is 2.91. The third kappa shape index (κ3) is 3.51. The molecule has 19 heavy (non-hydrogen) atoms. The van der Waals surface area contributed by atoms with Crippen LogP contribution in [0.3, 0.4) is 0 Å². The maximum atomic E-state index is 4.54. The quantitative estimate of drug-likeness (QED) is 0.859. The summed E-state index contributed by atoms with van der Waals surface area (Å²) in [6, 6.07) is 0.377. The van der Waals surface area contributed by atoms with Gasteiger partial charge in [0.25, 0.3) is 0 Å². The van der Waals surface area contributed by atoms with Gasteiger partial charge in [-0.1, -0.05) is 25.2 Å². The van der Waals surface area contributed by atoms with Gasteiger partial charge in [0.1, 0.15) is 0 Å². The van der Waals surface area contributed by atoms with Crippen molar-refractivity contribution in [1.29, 1.82) is 0 Å². The number of anilines is 1. The molecule has 0 fully saturated rings. The first-order valence-corrected chi connectivity index (χ1v) is 8.33. The molecule has 4 nitrogen and oxygen atoms in total. The minimum atomic E-state index is 0.377. The normalized spacial score (nSPS) is 11.5. The summed E-state index contributed by atoms with van der Waals surface area (Å²) in [4.78, 5) is 5.66. The predicted octanol–water partition coefficient (Wildman–Crippen LogP) is 4.39. The minimum Gasteiger partial charge on any atom is -0.358 e. The fourth-order valence-corrected chi connectivity index (χ4v) is 3.95. The molecule has 2 heterocycles. The van der Waals surface area contributed by atoms with E-state index in [4.69, 9.17) is 0 Å². The molecule has 0 radical (unpaired) electrons. The summed E-state index contributed by atoms with van der Waals surface area (Å²) in [5, 5.41) is 14.7. The molecular formula is C13H20N4S2. The number of nitrogens with one attached hydrogen (secondary N) is 1. The number of nitrogens with zero attached hydrogens (tertiary/aromatic N) is 3. The number of aromatic nitrogens is 3. The van der Waals surface area contributed by atoms with Gasteiger partial charge in [-0.15, -0.1) is 21.5 Å². The molecule has 1 N–H and O–H groups in total. The van der Waals surface area contributed by atoms with Gasteiger partial charge in [-0.2, -0.15) is 0 Å². The molecule has 0 aliphatic heterocycles. The van der Waals surface area contributed by atoms with Gasteiger partial charge < -0.3 is 5.32 Å². The molecule has 2 aromatic rings. The minimum absolute atomic E-state index is 0.377. The lowest BCUT2D eigenvalue weighted by Gasteiger charge is -2.06. The van der Waals surface area contributed by atoms with E-state index < -0.39 is 0 Å². The van der Waals surface area contributed by atoms with E-state index in [0.29, 0.717) is 12.0 Å². The largest absolute Gasteiger partial charge is 0.358 e. The van der Waals surface area contributed by atoms with E-state index in [1.54, 1.807) is 22.7 Å². The van der Waals surface area contributed by atoms with Crippen LogP contribution in [0.25, 0.3) is 9.88 Å². The lowest BCUT2D eigenvalue weighted by Crippen LogP contribution is -2.08. The SMILES string of the molecule is CCC(CC)c1ncc(-c2nnc(NC(C)C)s2)s1. The molecule has 0 saturated carbocycles. The Kier molecular flexibility index (Phi) is 4.87. The van der Waals surface area contributed by atoms with Crippen LogP contribution in [0, 0.1) is 0 Å². The molecule has 104 valence electrons. The molecule has 0 aliphatic carbocycles. The van der Waals surface area contributed by atoms with Crippen LogP contribution in [0.5, 0.6) is 0 Å². The molecular weight excluding hydrogens is 276 g/mol. The van der Waals surface area contributed by atoms with E-state index in [2.05, 4.69) is 48.2 Å². The molecule has 0 saturated heterocycles. The Morgan fingerprint density at radius 2 is 1.89 bits per heavy atom. The van der Waals surface area contributed by atoms with E-state index >= 15 is 0 Å². The van der Waals surface area contributed by atoms with E-state index in [0.717, 1.165) is 27.9 Å². The van der Waals surface area contributed by atoms with Crippen molar-refractivity contribution in [2.75, 3.05) is 5.32 Å². The topological polar surface area (TPSA) is 50.7 Å². The fourth-order valence-electron chi connectivity index (χ4n) is 1.84. The average molecular weight is 296 g/mol. The second kappa shape index (κ2) is 6.43. The van der Waals surface area contributed by atoms with Crippen molar-refractivity contribution in [1.82, 2.24) is 15.2 Å². The van der Waals surface area contributed by atoms with Gasteiger partial charge in [-0.3, -0.25) is 0 Å². The lowest BCUT2D eigenvalue weighted by molar-refractivity contribution is 0.637. The Balaban J connectivity index is 2.16. The van der Waals surface area contributed by atoms with Gasteiger partial charge in [0.05, 0.1) is 9.88 Å². The van der Waals surface area contributed by atoms with Gasteiger partial charge in [-0.25, -0.2) is 4.98 Å². The van der Waals surface area contributed by atoms with Gasteiger partial charge in [-0.05, 0) is 26.7 Å².